The van der Waals surface area contributed by atoms with Crippen molar-refractivity contribution in [2.45, 2.75) is 27.2 Å². The third-order valence-corrected chi connectivity index (χ3v) is 1.03. The van der Waals surface area contributed by atoms with Gasteiger partial charge in [-0.3, -0.25) is 0 Å². The lowest BCUT2D eigenvalue weighted by Crippen LogP contribution is -2.32. The number of hydrogen-bond donors (Lipinski definition) is 2. The predicted octanol–water partition coefficient (Wildman–Crippen LogP) is 1.62. The molecule has 3 nitrogen and oxygen atoms in total. The molecule has 0 aliphatic carbocycles. The smallest absolute Gasteiger partial charge is 0.318 e. The summed E-state index contributed by atoms with van der Waals surface area (Å²) in [6.45, 7) is 6.60. The number of amides is 2. The molecular formula is C8H16N2O. The minimum Gasteiger partial charge on any atom is -0.338 e. The third kappa shape index (κ3) is 6.90. The standard InChI is InChI=1S/C8H16N2O/c1-4-5-9-8(11)10-6-7(2)3/h6H,4-5H2,1-3H3,(H2,9,10,11). The van der Waals surface area contributed by atoms with Crippen LogP contribution in [0.1, 0.15) is 27.2 Å². The van der Waals surface area contributed by atoms with Gasteiger partial charge in [-0.05, 0) is 20.3 Å². The monoisotopic (exact) mass is 156 g/mol. The van der Waals surface area contributed by atoms with Gasteiger partial charge in [0.2, 0.25) is 0 Å². The van der Waals surface area contributed by atoms with Crippen molar-refractivity contribution in [3.05, 3.63) is 11.8 Å². The van der Waals surface area contributed by atoms with Crippen molar-refractivity contribution in [1.82, 2.24) is 10.6 Å². The summed E-state index contributed by atoms with van der Waals surface area (Å²) in [4.78, 5) is 10.8. The number of rotatable bonds is 3. The maximum absolute atomic E-state index is 10.8. The zero-order valence-electron chi connectivity index (χ0n) is 7.40. The van der Waals surface area contributed by atoms with E-state index in [1.807, 2.05) is 20.8 Å². The van der Waals surface area contributed by atoms with Crippen LogP contribution in [0.25, 0.3) is 0 Å². The van der Waals surface area contributed by atoms with Crippen molar-refractivity contribution in [3.63, 3.8) is 0 Å². The number of hydrogen-bond acceptors (Lipinski definition) is 1. The van der Waals surface area contributed by atoms with E-state index < -0.39 is 0 Å². The van der Waals surface area contributed by atoms with Crippen LogP contribution < -0.4 is 10.6 Å². The Morgan fingerprint density at radius 3 is 2.55 bits per heavy atom. The van der Waals surface area contributed by atoms with E-state index >= 15 is 0 Å². The molecule has 2 N–H and O–H groups in total. The van der Waals surface area contributed by atoms with Gasteiger partial charge >= 0.3 is 6.03 Å². The molecular weight excluding hydrogens is 140 g/mol. The molecule has 0 aromatic carbocycles. The molecule has 0 radical (unpaired) electrons. The highest BCUT2D eigenvalue weighted by Gasteiger charge is 1.92. The summed E-state index contributed by atoms with van der Waals surface area (Å²) in [5.74, 6) is 0. The summed E-state index contributed by atoms with van der Waals surface area (Å²) >= 11 is 0. The first-order valence-corrected chi connectivity index (χ1v) is 3.84. The van der Waals surface area contributed by atoms with Crippen LogP contribution in [-0.4, -0.2) is 12.6 Å². The van der Waals surface area contributed by atoms with Crippen molar-refractivity contribution >= 4 is 6.03 Å². The van der Waals surface area contributed by atoms with E-state index in [1.54, 1.807) is 6.20 Å². The fraction of sp³-hybridized carbons (Fsp3) is 0.625. The number of nitrogens with one attached hydrogen (secondary N) is 2. The van der Waals surface area contributed by atoms with Crippen LogP contribution in [0.3, 0.4) is 0 Å². The minimum absolute atomic E-state index is 0.131. The second kappa shape index (κ2) is 5.77. The molecule has 0 aliphatic heterocycles. The summed E-state index contributed by atoms with van der Waals surface area (Å²) in [6, 6.07) is -0.131. The lowest BCUT2D eigenvalue weighted by molar-refractivity contribution is 0.244. The summed E-state index contributed by atoms with van der Waals surface area (Å²) in [7, 11) is 0. The molecule has 0 unspecified atom stereocenters. The SMILES string of the molecule is CCCNC(=O)NC=C(C)C. The molecule has 0 heterocycles. The van der Waals surface area contributed by atoms with Gasteiger partial charge in [-0.15, -0.1) is 0 Å². The van der Waals surface area contributed by atoms with Crippen LogP contribution in [0.2, 0.25) is 0 Å². The summed E-state index contributed by atoms with van der Waals surface area (Å²) in [5.41, 5.74) is 1.08. The van der Waals surface area contributed by atoms with Gasteiger partial charge in [-0.1, -0.05) is 12.5 Å². The Morgan fingerprint density at radius 2 is 2.09 bits per heavy atom. The topological polar surface area (TPSA) is 41.1 Å². The highest BCUT2D eigenvalue weighted by molar-refractivity contribution is 5.74. The fourth-order valence-electron chi connectivity index (χ4n) is 0.499. The van der Waals surface area contributed by atoms with E-state index in [2.05, 4.69) is 10.6 Å². The molecule has 2 amide bonds. The van der Waals surface area contributed by atoms with Crippen LogP contribution in [0.5, 0.6) is 0 Å². The van der Waals surface area contributed by atoms with Gasteiger partial charge in [0.15, 0.2) is 0 Å². The van der Waals surface area contributed by atoms with Gasteiger partial charge < -0.3 is 10.6 Å². The fourth-order valence-corrected chi connectivity index (χ4v) is 0.499. The molecule has 0 aromatic rings. The molecule has 11 heavy (non-hydrogen) atoms. The first-order chi connectivity index (χ1) is 5.16. The van der Waals surface area contributed by atoms with Crippen molar-refractivity contribution in [2.24, 2.45) is 0 Å². The van der Waals surface area contributed by atoms with Crippen LogP contribution in [-0.2, 0) is 0 Å². The zero-order valence-corrected chi connectivity index (χ0v) is 7.40. The maximum Gasteiger partial charge on any atom is 0.318 e. The molecule has 0 fully saturated rings. The molecule has 0 saturated carbocycles. The molecule has 3 heteroatoms. The Bertz CT molecular complexity index is 148. The number of allylic oxidation sites excluding steroid dienone is 1. The summed E-state index contributed by atoms with van der Waals surface area (Å²) in [6.07, 6.45) is 2.65. The Kier molecular flexibility index (Phi) is 5.25. The summed E-state index contributed by atoms with van der Waals surface area (Å²) < 4.78 is 0. The zero-order chi connectivity index (χ0) is 8.69. The van der Waals surface area contributed by atoms with Crippen LogP contribution >= 0.6 is 0 Å². The number of urea groups is 1. The minimum atomic E-state index is -0.131. The van der Waals surface area contributed by atoms with E-state index in [0.717, 1.165) is 18.5 Å². The first kappa shape index (κ1) is 10.0. The van der Waals surface area contributed by atoms with Gasteiger partial charge in [-0.25, -0.2) is 4.79 Å². The lowest BCUT2D eigenvalue weighted by Gasteiger charge is -2.01. The number of carbonyl (C=O) groups is 1. The second-order valence-electron chi connectivity index (χ2n) is 2.62. The largest absolute Gasteiger partial charge is 0.338 e. The Hall–Kier alpha value is -0.990. The second-order valence-corrected chi connectivity index (χ2v) is 2.62. The number of carbonyl (C=O) groups excluding carboxylic acids is 1. The molecule has 0 atom stereocenters. The molecule has 64 valence electrons. The molecule has 0 rings (SSSR count). The Morgan fingerprint density at radius 1 is 1.45 bits per heavy atom. The van der Waals surface area contributed by atoms with Crippen LogP contribution in [0.4, 0.5) is 4.79 Å². The van der Waals surface area contributed by atoms with E-state index in [0.29, 0.717) is 0 Å². The van der Waals surface area contributed by atoms with Gasteiger partial charge in [0, 0.05) is 12.7 Å². The molecule has 0 spiro atoms. The van der Waals surface area contributed by atoms with Gasteiger partial charge in [0.25, 0.3) is 0 Å². The van der Waals surface area contributed by atoms with E-state index in [4.69, 9.17) is 0 Å². The average molecular weight is 156 g/mol. The molecule has 0 aromatic heterocycles. The van der Waals surface area contributed by atoms with E-state index in [1.165, 1.54) is 0 Å². The molecule has 0 bridgehead atoms. The predicted molar refractivity (Wildman–Crippen MR) is 46.3 cm³/mol. The van der Waals surface area contributed by atoms with Crippen molar-refractivity contribution in [3.8, 4) is 0 Å². The quantitative estimate of drug-likeness (QED) is 0.640. The average Bonchev–Trinajstić information content (AvgIpc) is 1.97. The van der Waals surface area contributed by atoms with E-state index in [-0.39, 0.29) is 6.03 Å². The van der Waals surface area contributed by atoms with Crippen molar-refractivity contribution < 1.29 is 4.79 Å². The third-order valence-electron chi connectivity index (χ3n) is 1.03. The van der Waals surface area contributed by atoms with E-state index in [9.17, 15) is 4.79 Å². The Labute approximate surface area is 67.9 Å². The highest BCUT2D eigenvalue weighted by Crippen LogP contribution is 1.83. The van der Waals surface area contributed by atoms with Crippen molar-refractivity contribution in [1.29, 1.82) is 0 Å². The lowest BCUT2D eigenvalue weighted by atomic mass is 10.4. The van der Waals surface area contributed by atoms with Gasteiger partial charge in [0.05, 0.1) is 0 Å². The summed E-state index contributed by atoms with van der Waals surface area (Å²) in [5, 5.41) is 5.30. The molecule has 0 saturated heterocycles. The highest BCUT2D eigenvalue weighted by atomic mass is 16.2. The Balaban J connectivity index is 3.45. The first-order valence-electron chi connectivity index (χ1n) is 3.84. The normalized spacial score (nSPS) is 8.64. The van der Waals surface area contributed by atoms with Crippen molar-refractivity contribution in [2.75, 3.05) is 6.54 Å². The molecule has 0 aliphatic rings. The van der Waals surface area contributed by atoms with Gasteiger partial charge in [0.1, 0.15) is 0 Å². The van der Waals surface area contributed by atoms with Crippen LogP contribution in [0, 0.1) is 0 Å². The van der Waals surface area contributed by atoms with Crippen LogP contribution in [0.15, 0.2) is 11.8 Å². The van der Waals surface area contributed by atoms with Gasteiger partial charge in [-0.2, -0.15) is 0 Å². The maximum atomic E-state index is 10.8.